The number of halogens is 1. The summed E-state index contributed by atoms with van der Waals surface area (Å²) in [7, 11) is 0. The van der Waals surface area contributed by atoms with E-state index >= 15 is 0 Å². The average Bonchev–Trinajstić information content (AvgIpc) is 2.70. The summed E-state index contributed by atoms with van der Waals surface area (Å²) in [6.45, 7) is 3.94. The Morgan fingerprint density at radius 2 is 1.36 bits per heavy atom. The van der Waals surface area contributed by atoms with Gasteiger partial charge in [0.2, 0.25) is 0 Å². The molecular weight excluding hydrogens is 366 g/mol. The van der Waals surface area contributed by atoms with Gasteiger partial charge in [-0.2, -0.15) is 0 Å². The molecule has 0 aliphatic carbocycles. The number of rotatable bonds is 18. The molecule has 0 heterocycles. The highest BCUT2D eigenvalue weighted by atomic mass is 35.5. The summed E-state index contributed by atoms with van der Waals surface area (Å²) in [6.07, 6.45) is 23.6. The van der Waals surface area contributed by atoms with Crippen molar-refractivity contribution in [1.29, 1.82) is 0 Å². The van der Waals surface area contributed by atoms with Gasteiger partial charge in [0, 0.05) is 5.56 Å². The minimum absolute atomic E-state index is 0. The fourth-order valence-electron chi connectivity index (χ4n) is 3.33. The van der Waals surface area contributed by atoms with Crippen molar-refractivity contribution >= 4 is 0 Å². The number of allylic oxidation sites excluding steroid dienone is 2. The SMILES string of the molecule is CCCCCCCC/C=C/CCCCCCCCOc1cccc(C[NH3+])c1.[Cl-]. The van der Waals surface area contributed by atoms with E-state index < -0.39 is 0 Å². The fourth-order valence-corrected chi connectivity index (χ4v) is 3.33. The average molecular weight is 410 g/mol. The minimum Gasteiger partial charge on any atom is -1.00 e. The topological polar surface area (TPSA) is 36.9 Å². The third-order valence-corrected chi connectivity index (χ3v) is 5.11. The second-order valence-corrected chi connectivity index (χ2v) is 7.68. The van der Waals surface area contributed by atoms with E-state index in [1.807, 2.05) is 6.07 Å². The van der Waals surface area contributed by atoms with Gasteiger partial charge < -0.3 is 22.9 Å². The van der Waals surface area contributed by atoms with Crippen molar-refractivity contribution in [3.05, 3.63) is 42.0 Å². The Morgan fingerprint density at radius 1 is 0.786 bits per heavy atom. The second kappa shape index (κ2) is 20.7. The molecule has 0 spiro atoms. The predicted molar refractivity (Wildman–Crippen MR) is 118 cm³/mol. The monoisotopic (exact) mass is 409 g/mol. The van der Waals surface area contributed by atoms with Crippen LogP contribution in [-0.2, 0) is 6.54 Å². The fraction of sp³-hybridized carbons (Fsp3) is 0.680. The molecule has 28 heavy (non-hydrogen) atoms. The molecular formula is C25H44ClNO. The van der Waals surface area contributed by atoms with Crippen LogP contribution in [-0.4, -0.2) is 6.61 Å². The van der Waals surface area contributed by atoms with Crippen LogP contribution in [0.4, 0.5) is 0 Å². The molecule has 0 aliphatic rings. The van der Waals surface area contributed by atoms with Crippen molar-refractivity contribution in [1.82, 2.24) is 0 Å². The number of hydrogen-bond donors (Lipinski definition) is 1. The molecule has 0 radical (unpaired) electrons. The van der Waals surface area contributed by atoms with Crippen molar-refractivity contribution in [2.45, 2.75) is 103 Å². The number of benzene rings is 1. The molecule has 0 aliphatic heterocycles. The maximum absolute atomic E-state index is 5.83. The Kier molecular flexibility index (Phi) is 20.0. The zero-order valence-electron chi connectivity index (χ0n) is 18.3. The summed E-state index contributed by atoms with van der Waals surface area (Å²) in [4.78, 5) is 0. The van der Waals surface area contributed by atoms with E-state index in [4.69, 9.17) is 4.74 Å². The van der Waals surface area contributed by atoms with E-state index in [0.717, 1.165) is 25.3 Å². The summed E-state index contributed by atoms with van der Waals surface area (Å²) >= 11 is 0. The van der Waals surface area contributed by atoms with Crippen molar-refractivity contribution in [3.8, 4) is 5.75 Å². The van der Waals surface area contributed by atoms with Gasteiger partial charge in [0.05, 0.1) is 13.2 Å². The van der Waals surface area contributed by atoms with Gasteiger partial charge in [-0.3, -0.25) is 0 Å². The van der Waals surface area contributed by atoms with Crippen LogP contribution < -0.4 is 22.9 Å². The number of unbranched alkanes of at least 4 members (excludes halogenated alkanes) is 12. The van der Waals surface area contributed by atoms with Gasteiger partial charge >= 0.3 is 0 Å². The molecule has 0 amide bonds. The lowest BCUT2D eigenvalue weighted by atomic mass is 10.1. The van der Waals surface area contributed by atoms with Gasteiger partial charge in [0.25, 0.3) is 0 Å². The van der Waals surface area contributed by atoms with Crippen LogP contribution >= 0.6 is 0 Å². The lowest BCUT2D eigenvalue weighted by Gasteiger charge is -2.07. The summed E-state index contributed by atoms with van der Waals surface area (Å²) in [5.74, 6) is 0.990. The number of hydrogen-bond acceptors (Lipinski definition) is 1. The molecule has 1 aromatic carbocycles. The van der Waals surface area contributed by atoms with Crippen LogP contribution in [0.2, 0.25) is 0 Å². The second-order valence-electron chi connectivity index (χ2n) is 7.68. The molecule has 2 nitrogen and oxygen atoms in total. The van der Waals surface area contributed by atoms with Crippen LogP contribution in [0.15, 0.2) is 36.4 Å². The van der Waals surface area contributed by atoms with E-state index in [9.17, 15) is 0 Å². The largest absolute Gasteiger partial charge is 1.00 e. The lowest BCUT2D eigenvalue weighted by molar-refractivity contribution is -0.386. The molecule has 0 saturated carbocycles. The molecule has 0 saturated heterocycles. The predicted octanol–water partition coefficient (Wildman–Crippen LogP) is 3.85. The number of ether oxygens (including phenoxy) is 1. The highest BCUT2D eigenvalue weighted by Crippen LogP contribution is 2.14. The van der Waals surface area contributed by atoms with Crippen molar-refractivity contribution < 1.29 is 22.9 Å². The van der Waals surface area contributed by atoms with Crippen molar-refractivity contribution in [2.24, 2.45) is 0 Å². The molecule has 1 rings (SSSR count). The van der Waals surface area contributed by atoms with Crippen LogP contribution in [0.1, 0.15) is 102 Å². The maximum Gasteiger partial charge on any atom is 0.119 e. The Hall–Kier alpha value is -0.990. The van der Waals surface area contributed by atoms with Crippen LogP contribution in [0.3, 0.4) is 0 Å². The highest BCUT2D eigenvalue weighted by Gasteiger charge is 1.97. The molecule has 3 N–H and O–H groups in total. The summed E-state index contributed by atoms with van der Waals surface area (Å²) in [6, 6.07) is 8.30. The normalized spacial score (nSPS) is 10.9. The summed E-state index contributed by atoms with van der Waals surface area (Å²) < 4.78 is 5.83. The first-order valence-electron chi connectivity index (χ1n) is 11.5. The molecule has 0 aromatic heterocycles. The Morgan fingerprint density at radius 3 is 1.96 bits per heavy atom. The molecule has 0 unspecified atom stereocenters. The molecule has 0 atom stereocenters. The van der Waals surface area contributed by atoms with Crippen LogP contribution in [0.25, 0.3) is 0 Å². The van der Waals surface area contributed by atoms with Gasteiger partial charge in [-0.15, -0.1) is 0 Å². The molecule has 0 bridgehead atoms. The van der Waals surface area contributed by atoms with Crippen molar-refractivity contribution in [2.75, 3.05) is 6.61 Å². The first kappa shape index (κ1) is 27.0. The third-order valence-electron chi connectivity index (χ3n) is 5.11. The van der Waals surface area contributed by atoms with Gasteiger partial charge in [0.15, 0.2) is 0 Å². The van der Waals surface area contributed by atoms with Crippen LogP contribution in [0.5, 0.6) is 5.75 Å². The molecule has 162 valence electrons. The highest BCUT2D eigenvalue weighted by molar-refractivity contribution is 5.27. The smallest absolute Gasteiger partial charge is 0.119 e. The molecule has 3 heteroatoms. The van der Waals surface area contributed by atoms with Crippen molar-refractivity contribution in [3.63, 3.8) is 0 Å². The first-order chi connectivity index (χ1) is 13.4. The quantitative estimate of drug-likeness (QED) is 0.290. The zero-order valence-corrected chi connectivity index (χ0v) is 19.0. The van der Waals surface area contributed by atoms with E-state index in [1.165, 1.54) is 89.0 Å². The van der Waals surface area contributed by atoms with Gasteiger partial charge in [-0.1, -0.05) is 89.0 Å². The maximum atomic E-state index is 5.83. The van der Waals surface area contributed by atoms with E-state index in [0.29, 0.717) is 0 Å². The van der Waals surface area contributed by atoms with Crippen LogP contribution in [0, 0.1) is 0 Å². The molecule has 1 aromatic rings. The Bertz CT molecular complexity index is 475. The Labute approximate surface area is 180 Å². The van der Waals surface area contributed by atoms with Gasteiger partial charge in [-0.05, 0) is 44.2 Å². The zero-order chi connectivity index (χ0) is 19.4. The molecule has 0 fully saturated rings. The first-order valence-corrected chi connectivity index (χ1v) is 11.5. The standard InChI is InChI=1S/C25H43NO.ClH/c1-2-3-4-5-6-7-8-9-10-11-12-13-14-15-16-17-21-27-25-20-18-19-24(22-25)23-26;/h9-10,18-20,22H,2-8,11-17,21,23,26H2,1H3;1H/b10-9+;. The van der Waals surface area contributed by atoms with E-state index in [1.54, 1.807) is 0 Å². The Balaban J connectivity index is 0.00000729. The number of quaternary nitrogens is 1. The third kappa shape index (κ3) is 16.0. The van der Waals surface area contributed by atoms with Gasteiger partial charge in [-0.25, -0.2) is 0 Å². The minimum atomic E-state index is 0. The lowest BCUT2D eigenvalue weighted by Crippen LogP contribution is -3.00. The van der Waals surface area contributed by atoms with E-state index in [-0.39, 0.29) is 12.4 Å². The van der Waals surface area contributed by atoms with Gasteiger partial charge in [0.1, 0.15) is 5.75 Å². The van der Waals surface area contributed by atoms with E-state index in [2.05, 4.69) is 43.0 Å². The summed E-state index contributed by atoms with van der Waals surface area (Å²) in [5.41, 5.74) is 5.16. The summed E-state index contributed by atoms with van der Waals surface area (Å²) in [5, 5.41) is 0.